The van der Waals surface area contributed by atoms with E-state index < -0.39 is 0 Å². The third-order valence-corrected chi connectivity index (χ3v) is 3.15. The molecule has 2 heterocycles. The lowest BCUT2D eigenvalue weighted by molar-refractivity contribution is 0.0949. The second-order valence-corrected chi connectivity index (χ2v) is 4.56. The van der Waals surface area contributed by atoms with Crippen LogP contribution in [0.4, 0.5) is 0 Å². The van der Waals surface area contributed by atoms with Crippen LogP contribution in [0.3, 0.4) is 0 Å². The van der Waals surface area contributed by atoms with Crippen LogP contribution in [0.15, 0.2) is 6.20 Å². The minimum absolute atomic E-state index is 0.202. The van der Waals surface area contributed by atoms with E-state index in [1.807, 2.05) is 25.6 Å². The zero-order valence-electron chi connectivity index (χ0n) is 11.6. The number of aryl methyl sites for hydroxylation is 3. The molecular formula is C12H18N6O. The highest BCUT2D eigenvalue weighted by molar-refractivity contribution is 5.91. The zero-order chi connectivity index (χ0) is 14.0. The lowest BCUT2D eigenvalue weighted by atomic mass is 10.1. The maximum atomic E-state index is 11.8. The first kappa shape index (κ1) is 13.3. The van der Waals surface area contributed by atoms with E-state index >= 15 is 0 Å². The second-order valence-electron chi connectivity index (χ2n) is 4.56. The summed E-state index contributed by atoms with van der Waals surface area (Å²) in [6.07, 6.45) is 2.35. The number of aromatic nitrogens is 5. The van der Waals surface area contributed by atoms with E-state index in [4.69, 9.17) is 0 Å². The standard InChI is InChI=1S/C12H18N6O/c1-8-10(9(2)18(4)15-8)5-6-13-12(19)11-7-17(3)16-14-11/h7H,5-6H2,1-4H3,(H,13,19). The molecule has 1 N–H and O–H groups in total. The summed E-state index contributed by atoms with van der Waals surface area (Å²) < 4.78 is 3.36. The first-order chi connectivity index (χ1) is 8.99. The Hall–Kier alpha value is -2.18. The van der Waals surface area contributed by atoms with Crippen molar-refractivity contribution in [3.63, 3.8) is 0 Å². The third kappa shape index (κ3) is 2.81. The quantitative estimate of drug-likeness (QED) is 0.850. The predicted octanol–water partition coefficient (Wildman–Crippen LogP) is 0.138. The van der Waals surface area contributed by atoms with Crippen molar-refractivity contribution in [3.05, 3.63) is 28.8 Å². The molecule has 2 aromatic heterocycles. The molecule has 0 radical (unpaired) electrons. The van der Waals surface area contributed by atoms with Crippen molar-refractivity contribution in [2.75, 3.05) is 6.54 Å². The summed E-state index contributed by atoms with van der Waals surface area (Å²) in [5.74, 6) is -0.202. The number of nitrogens with one attached hydrogen (secondary N) is 1. The molecule has 2 rings (SSSR count). The summed E-state index contributed by atoms with van der Waals surface area (Å²) in [5.41, 5.74) is 3.66. The molecule has 7 heteroatoms. The van der Waals surface area contributed by atoms with Gasteiger partial charge in [0.05, 0.1) is 11.9 Å². The Kier molecular flexibility index (Phi) is 3.64. The van der Waals surface area contributed by atoms with E-state index in [1.54, 1.807) is 13.2 Å². The van der Waals surface area contributed by atoms with Gasteiger partial charge in [-0.2, -0.15) is 5.10 Å². The molecule has 0 bridgehead atoms. The number of nitrogens with zero attached hydrogens (tertiary/aromatic N) is 5. The number of amides is 1. The Bertz CT molecular complexity index is 597. The highest BCUT2D eigenvalue weighted by atomic mass is 16.2. The minimum atomic E-state index is -0.202. The fourth-order valence-corrected chi connectivity index (χ4v) is 2.02. The Morgan fingerprint density at radius 3 is 2.63 bits per heavy atom. The molecule has 0 aliphatic carbocycles. The van der Waals surface area contributed by atoms with Gasteiger partial charge in [0.25, 0.3) is 5.91 Å². The largest absolute Gasteiger partial charge is 0.350 e. The zero-order valence-corrected chi connectivity index (χ0v) is 11.6. The molecule has 0 aromatic carbocycles. The first-order valence-corrected chi connectivity index (χ1v) is 6.12. The Morgan fingerprint density at radius 1 is 1.37 bits per heavy atom. The molecule has 0 unspecified atom stereocenters. The van der Waals surface area contributed by atoms with Crippen molar-refractivity contribution in [1.82, 2.24) is 30.1 Å². The van der Waals surface area contributed by atoms with Crippen molar-refractivity contribution in [1.29, 1.82) is 0 Å². The van der Waals surface area contributed by atoms with Gasteiger partial charge in [0, 0.05) is 26.3 Å². The Morgan fingerprint density at radius 2 is 2.11 bits per heavy atom. The van der Waals surface area contributed by atoms with Crippen LogP contribution in [-0.4, -0.2) is 37.2 Å². The molecule has 0 spiro atoms. The highest BCUT2D eigenvalue weighted by Crippen LogP contribution is 2.11. The maximum absolute atomic E-state index is 11.8. The molecule has 0 saturated heterocycles. The SMILES string of the molecule is Cc1nn(C)c(C)c1CCNC(=O)c1cn(C)nn1. The van der Waals surface area contributed by atoms with Gasteiger partial charge in [0.2, 0.25) is 0 Å². The molecule has 0 aliphatic heterocycles. The van der Waals surface area contributed by atoms with Crippen LogP contribution in [0, 0.1) is 13.8 Å². The maximum Gasteiger partial charge on any atom is 0.273 e. The fourth-order valence-electron chi connectivity index (χ4n) is 2.02. The molecule has 0 saturated carbocycles. The average molecular weight is 262 g/mol. The molecule has 2 aromatic rings. The van der Waals surface area contributed by atoms with Gasteiger partial charge in [-0.3, -0.25) is 14.2 Å². The summed E-state index contributed by atoms with van der Waals surface area (Å²) in [6, 6.07) is 0. The molecule has 7 nitrogen and oxygen atoms in total. The smallest absolute Gasteiger partial charge is 0.273 e. The van der Waals surface area contributed by atoms with E-state index in [0.29, 0.717) is 12.2 Å². The summed E-state index contributed by atoms with van der Waals surface area (Å²) in [7, 11) is 3.65. The predicted molar refractivity (Wildman–Crippen MR) is 69.7 cm³/mol. The number of carbonyl (C=O) groups excluding carboxylic acids is 1. The van der Waals surface area contributed by atoms with Crippen LogP contribution in [0.2, 0.25) is 0 Å². The number of hydrogen-bond acceptors (Lipinski definition) is 4. The molecular weight excluding hydrogens is 244 g/mol. The summed E-state index contributed by atoms with van der Waals surface area (Å²) in [6.45, 7) is 4.56. The van der Waals surface area contributed by atoms with Crippen molar-refractivity contribution in [2.24, 2.45) is 14.1 Å². The Labute approximate surface area is 111 Å². The van der Waals surface area contributed by atoms with E-state index in [0.717, 1.165) is 17.8 Å². The molecule has 102 valence electrons. The normalized spacial score (nSPS) is 10.7. The molecule has 19 heavy (non-hydrogen) atoms. The van der Waals surface area contributed by atoms with Crippen LogP contribution in [0.25, 0.3) is 0 Å². The van der Waals surface area contributed by atoms with Gasteiger partial charge in [-0.25, -0.2) is 0 Å². The van der Waals surface area contributed by atoms with E-state index in [-0.39, 0.29) is 5.91 Å². The summed E-state index contributed by atoms with van der Waals surface area (Å²) in [4.78, 5) is 11.8. The van der Waals surface area contributed by atoms with Crippen molar-refractivity contribution in [2.45, 2.75) is 20.3 Å². The molecule has 1 amide bonds. The van der Waals surface area contributed by atoms with Crippen LogP contribution in [-0.2, 0) is 20.5 Å². The van der Waals surface area contributed by atoms with Gasteiger partial charge < -0.3 is 5.32 Å². The van der Waals surface area contributed by atoms with Crippen LogP contribution < -0.4 is 5.32 Å². The van der Waals surface area contributed by atoms with Gasteiger partial charge in [0.1, 0.15) is 0 Å². The van der Waals surface area contributed by atoms with Crippen LogP contribution in [0.1, 0.15) is 27.4 Å². The van der Waals surface area contributed by atoms with E-state index in [1.165, 1.54) is 10.2 Å². The topological polar surface area (TPSA) is 77.6 Å². The summed E-state index contributed by atoms with van der Waals surface area (Å²) >= 11 is 0. The second kappa shape index (κ2) is 5.21. The minimum Gasteiger partial charge on any atom is -0.350 e. The number of carbonyl (C=O) groups is 1. The number of hydrogen-bond donors (Lipinski definition) is 1. The first-order valence-electron chi connectivity index (χ1n) is 6.12. The molecule has 0 atom stereocenters. The van der Waals surface area contributed by atoms with Crippen LogP contribution >= 0.6 is 0 Å². The van der Waals surface area contributed by atoms with Gasteiger partial charge in [-0.1, -0.05) is 5.21 Å². The molecule has 0 fully saturated rings. The average Bonchev–Trinajstić information content (AvgIpc) is 2.88. The van der Waals surface area contributed by atoms with E-state index in [9.17, 15) is 4.79 Å². The van der Waals surface area contributed by atoms with Crippen molar-refractivity contribution in [3.8, 4) is 0 Å². The molecule has 0 aliphatic rings. The lowest BCUT2D eigenvalue weighted by Gasteiger charge is -2.03. The Balaban J connectivity index is 1.92. The third-order valence-electron chi connectivity index (χ3n) is 3.15. The van der Waals surface area contributed by atoms with Gasteiger partial charge >= 0.3 is 0 Å². The van der Waals surface area contributed by atoms with Crippen molar-refractivity contribution >= 4 is 5.91 Å². The summed E-state index contributed by atoms with van der Waals surface area (Å²) in [5, 5.41) is 14.7. The van der Waals surface area contributed by atoms with Crippen molar-refractivity contribution < 1.29 is 4.79 Å². The lowest BCUT2D eigenvalue weighted by Crippen LogP contribution is -2.26. The van der Waals surface area contributed by atoms with Gasteiger partial charge in [-0.15, -0.1) is 5.10 Å². The monoisotopic (exact) mass is 262 g/mol. The van der Waals surface area contributed by atoms with Gasteiger partial charge in [0.15, 0.2) is 5.69 Å². The highest BCUT2D eigenvalue weighted by Gasteiger charge is 2.12. The van der Waals surface area contributed by atoms with Crippen LogP contribution in [0.5, 0.6) is 0 Å². The fraction of sp³-hybridized carbons (Fsp3) is 0.500. The van der Waals surface area contributed by atoms with Gasteiger partial charge in [-0.05, 0) is 25.8 Å². The van der Waals surface area contributed by atoms with E-state index in [2.05, 4.69) is 20.7 Å². The number of rotatable bonds is 4.